The number of methoxy groups -OCH3 is 1. The summed E-state index contributed by atoms with van der Waals surface area (Å²) in [6, 6.07) is 7.61. The highest BCUT2D eigenvalue weighted by Gasteiger charge is 2.17. The van der Waals surface area contributed by atoms with Crippen molar-refractivity contribution >= 4 is 5.91 Å². The summed E-state index contributed by atoms with van der Waals surface area (Å²) in [5.41, 5.74) is 2.02. The number of rotatable bonds is 6. The van der Waals surface area contributed by atoms with Crippen molar-refractivity contribution < 1.29 is 9.53 Å². The molecule has 0 aliphatic heterocycles. The third-order valence-corrected chi connectivity index (χ3v) is 3.80. The normalized spacial score (nSPS) is 13.5. The maximum atomic E-state index is 12.2. The van der Waals surface area contributed by atoms with Crippen molar-refractivity contribution in [2.75, 3.05) is 7.11 Å². The van der Waals surface area contributed by atoms with E-state index in [2.05, 4.69) is 10.4 Å². The van der Waals surface area contributed by atoms with Crippen molar-refractivity contribution in [3.05, 3.63) is 36.7 Å². The second-order valence-electron chi connectivity index (χ2n) is 5.43. The molecule has 22 heavy (non-hydrogen) atoms. The van der Waals surface area contributed by atoms with E-state index in [-0.39, 0.29) is 18.0 Å². The molecule has 1 aromatic heterocycles. The molecule has 0 aliphatic rings. The first kappa shape index (κ1) is 16.1. The Labute approximate surface area is 131 Å². The van der Waals surface area contributed by atoms with Gasteiger partial charge in [-0.1, -0.05) is 19.1 Å². The highest BCUT2D eigenvalue weighted by Crippen LogP contribution is 2.22. The summed E-state index contributed by atoms with van der Waals surface area (Å²) >= 11 is 0. The Balaban J connectivity index is 2.11. The highest BCUT2D eigenvalue weighted by molar-refractivity contribution is 5.80. The van der Waals surface area contributed by atoms with Gasteiger partial charge in [0.25, 0.3) is 0 Å². The van der Waals surface area contributed by atoms with Gasteiger partial charge in [0.2, 0.25) is 5.91 Å². The van der Waals surface area contributed by atoms with Crippen LogP contribution in [0.4, 0.5) is 0 Å². The summed E-state index contributed by atoms with van der Waals surface area (Å²) in [5, 5.41) is 7.29. The number of benzene rings is 1. The van der Waals surface area contributed by atoms with Crippen molar-refractivity contribution in [3.8, 4) is 16.9 Å². The van der Waals surface area contributed by atoms with Gasteiger partial charge in [0.15, 0.2) is 0 Å². The molecular formula is C17H23N3O2. The summed E-state index contributed by atoms with van der Waals surface area (Å²) in [7, 11) is 1.64. The summed E-state index contributed by atoms with van der Waals surface area (Å²) in [4.78, 5) is 12.2. The van der Waals surface area contributed by atoms with Crippen LogP contribution in [0.15, 0.2) is 36.7 Å². The molecule has 0 unspecified atom stereocenters. The average Bonchev–Trinajstić information content (AvgIpc) is 3.03. The predicted octanol–water partition coefficient (Wildman–Crippen LogP) is 3.03. The van der Waals surface area contributed by atoms with Crippen LogP contribution in [0.5, 0.6) is 5.75 Å². The molecule has 0 saturated heterocycles. The van der Waals surface area contributed by atoms with Gasteiger partial charge in [0.05, 0.1) is 13.3 Å². The van der Waals surface area contributed by atoms with E-state index in [0.29, 0.717) is 0 Å². The van der Waals surface area contributed by atoms with Crippen molar-refractivity contribution in [3.63, 3.8) is 0 Å². The average molecular weight is 301 g/mol. The molecule has 0 aliphatic carbocycles. The van der Waals surface area contributed by atoms with Gasteiger partial charge in [-0.15, -0.1) is 0 Å². The summed E-state index contributed by atoms with van der Waals surface area (Å²) < 4.78 is 6.85. The molecule has 0 radical (unpaired) electrons. The fourth-order valence-electron chi connectivity index (χ4n) is 2.07. The molecule has 1 N–H and O–H groups in total. The van der Waals surface area contributed by atoms with Crippen LogP contribution >= 0.6 is 0 Å². The Bertz CT molecular complexity index is 619. The number of hydrogen-bond donors (Lipinski definition) is 1. The summed E-state index contributed by atoms with van der Waals surface area (Å²) in [6.07, 6.45) is 4.58. The third-order valence-electron chi connectivity index (χ3n) is 3.80. The largest absolute Gasteiger partial charge is 0.497 e. The van der Waals surface area contributed by atoms with Crippen LogP contribution in [0, 0.1) is 0 Å². The molecule has 1 heterocycles. The monoisotopic (exact) mass is 301 g/mol. The number of nitrogens with one attached hydrogen (secondary N) is 1. The lowest BCUT2D eigenvalue weighted by molar-refractivity contribution is -0.124. The van der Waals surface area contributed by atoms with Gasteiger partial charge in [0.1, 0.15) is 11.8 Å². The van der Waals surface area contributed by atoms with Crippen LogP contribution in [0.1, 0.15) is 33.2 Å². The molecule has 5 nitrogen and oxygen atoms in total. The molecule has 1 aromatic carbocycles. The second-order valence-corrected chi connectivity index (χ2v) is 5.43. The number of ether oxygens (including phenoxy) is 1. The number of hydrogen-bond acceptors (Lipinski definition) is 3. The zero-order chi connectivity index (χ0) is 16.1. The number of nitrogens with zero attached hydrogens (tertiary/aromatic N) is 2. The first-order valence-corrected chi connectivity index (χ1v) is 7.54. The molecule has 2 atom stereocenters. The van der Waals surface area contributed by atoms with Crippen molar-refractivity contribution in [2.24, 2.45) is 0 Å². The lowest BCUT2D eigenvalue weighted by atomic mass is 10.1. The molecule has 5 heteroatoms. The molecule has 0 bridgehead atoms. The minimum absolute atomic E-state index is 0.0151. The lowest BCUT2D eigenvalue weighted by Gasteiger charge is -2.16. The summed E-state index contributed by atoms with van der Waals surface area (Å²) in [6.45, 7) is 5.89. The second kappa shape index (κ2) is 7.11. The van der Waals surface area contributed by atoms with Gasteiger partial charge < -0.3 is 10.1 Å². The van der Waals surface area contributed by atoms with Crippen LogP contribution in [0.25, 0.3) is 11.1 Å². The standard InChI is InChI=1S/C17H23N3O2/c1-5-12(2)19-17(21)13(3)20-11-15(10-18-20)14-6-8-16(22-4)9-7-14/h6-13H,5H2,1-4H3,(H,19,21)/t12-,13+/m1/s1. The molecule has 0 fully saturated rings. The van der Waals surface area contributed by atoms with E-state index in [4.69, 9.17) is 4.74 Å². The van der Waals surface area contributed by atoms with Gasteiger partial charge in [-0.25, -0.2) is 0 Å². The van der Waals surface area contributed by atoms with Gasteiger partial charge >= 0.3 is 0 Å². The minimum Gasteiger partial charge on any atom is -0.497 e. The quantitative estimate of drug-likeness (QED) is 0.892. The van der Waals surface area contributed by atoms with Crippen molar-refractivity contribution in [1.82, 2.24) is 15.1 Å². The van der Waals surface area contributed by atoms with E-state index >= 15 is 0 Å². The number of carbonyl (C=O) groups is 1. The molecule has 2 rings (SSSR count). The number of carbonyl (C=O) groups excluding carboxylic acids is 1. The zero-order valence-corrected chi connectivity index (χ0v) is 13.5. The Hall–Kier alpha value is -2.30. The fourth-order valence-corrected chi connectivity index (χ4v) is 2.07. The lowest BCUT2D eigenvalue weighted by Crippen LogP contribution is -2.37. The Morgan fingerprint density at radius 1 is 1.27 bits per heavy atom. The van der Waals surface area contributed by atoms with E-state index in [1.54, 1.807) is 18.0 Å². The first-order chi connectivity index (χ1) is 10.5. The van der Waals surface area contributed by atoms with E-state index in [9.17, 15) is 4.79 Å². The minimum atomic E-state index is -0.332. The zero-order valence-electron chi connectivity index (χ0n) is 13.5. The van der Waals surface area contributed by atoms with Crippen LogP contribution in [-0.2, 0) is 4.79 Å². The van der Waals surface area contributed by atoms with Crippen LogP contribution in [0.2, 0.25) is 0 Å². The Morgan fingerprint density at radius 2 is 1.95 bits per heavy atom. The third kappa shape index (κ3) is 3.67. The molecule has 0 saturated carbocycles. The SMILES string of the molecule is CC[C@@H](C)NC(=O)[C@H](C)n1cc(-c2ccc(OC)cc2)cn1. The van der Waals surface area contributed by atoms with Gasteiger partial charge in [-0.05, 0) is 38.0 Å². The first-order valence-electron chi connectivity index (χ1n) is 7.54. The maximum Gasteiger partial charge on any atom is 0.244 e. The molecule has 1 amide bonds. The topological polar surface area (TPSA) is 56.2 Å². The molecular weight excluding hydrogens is 278 g/mol. The van der Waals surface area contributed by atoms with E-state index in [1.807, 2.05) is 51.2 Å². The van der Waals surface area contributed by atoms with Gasteiger partial charge in [0, 0.05) is 17.8 Å². The van der Waals surface area contributed by atoms with Crippen molar-refractivity contribution in [1.29, 1.82) is 0 Å². The number of aromatic nitrogens is 2. The van der Waals surface area contributed by atoms with Gasteiger partial charge in [-0.2, -0.15) is 5.10 Å². The van der Waals surface area contributed by atoms with Gasteiger partial charge in [-0.3, -0.25) is 9.48 Å². The van der Waals surface area contributed by atoms with Crippen LogP contribution < -0.4 is 10.1 Å². The van der Waals surface area contributed by atoms with E-state index in [0.717, 1.165) is 23.3 Å². The van der Waals surface area contributed by atoms with Crippen LogP contribution in [0.3, 0.4) is 0 Å². The molecule has 0 spiro atoms. The van der Waals surface area contributed by atoms with Crippen LogP contribution in [-0.4, -0.2) is 28.8 Å². The van der Waals surface area contributed by atoms with E-state index in [1.165, 1.54) is 0 Å². The predicted molar refractivity (Wildman–Crippen MR) is 86.8 cm³/mol. The number of amides is 1. The molecule has 118 valence electrons. The Kier molecular flexibility index (Phi) is 5.20. The molecule has 2 aromatic rings. The van der Waals surface area contributed by atoms with E-state index < -0.39 is 0 Å². The van der Waals surface area contributed by atoms with Crippen molar-refractivity contribution in [2.45, 2.75) is 39.3 Å². The highest BCUT2D eigenvalue weighted by atomic mass is 16.5. The smallest absolute Gasteiger partial charge is 0.244 e. The Morgan fingerprint density at radius 3 is 2.55 bits per heavy atom. The maximum absolute atomic E-state index is 12.2. The fraction of sp³-hybridized carbons (Fsp3) is 0.412. The summed E-state index contributed by atoms with van der Waals surface area (Å²) in [5.74, 6) is 0.802.